The van der Waals surface area contributed by atoms with Crippen molar-refractivity contribution in [2.24, 2.45) is 0 Å². The zero-order valence-electron chi connectivity index (χ0n) is 3.51. The molecule has 6 heavy (non-hydrogen) atoms. The van der Waals surface area contributed by atoms with Crippen molar-refractivity contribution in [1.82, 2.24) is 0 Å². The molecule has 36 valence electrons. The van der Waals surface area contributed by atoms with Crippen molar-refractivity contribution >= 4 is 17.9 Å². The van der Waals surface area contributed by atoms with E-state index in [0.29, 0.717) is 0 Å². The van der Waals surface area contributed by atoms with E-state index in [0.717, 1.165) is 6.04 Å². The third kappa shape index (κ3) is 4.04. The molecule has 0 unspecified atom stereocenters. The molecule has 0 aliphatic carbocycles. The monoisotopic (exact) mass is 122 g/mol. The van der Waals surface area contributed by atoms with Crippen LogP contribution in [0.15, 0.2) is 0 Å². The van der Waals surface area contributed by atoms with Crippen LogP contribution < -0.4 is 0 Å². The summed E-state index contributed by atoms with van der Waals surface area (Å²) in [5, 5.41) is 0. The fraction of sp³-hybridized carbons (Fsp3) is 1.00. The van der Waals surface area contributed by atoms with E-state index in [1.807, 2.05) is 6.92 Å². The van der Waals surface area contributed by atoms with Gasteiger partial charge in [-0.2, -0.15) is 8.42 Å². The van der Waals surface area contributed by atoms with Crippen molar-refractivity contribution in [3.63, 3.8) is 0 Å². The topological polar surface area (TPSA) is 34.1 Å². The van der Waals surface area contributed by atoms with Gasteiger partial charge in [0.25, 0.3) is 0 Å². The van der Waals surface area contributed by atoms with E-state index >= 15 is 0 Å². The maximum absolute atomic E-state index is 9.64. The summed E-state index contributed by atoms with van der Waals surface area (Å²) in [5.74, 6) is 0. The lowest BCUT2D eigenvalue weighted by Crippen LogP contribution is -1.67. The predicted molar refractivity (Wildman–Crippen MR) is 26.5 cm³/mol. The van der Waals surface area contributed by atoms with Crippen LogP contribution in [-0.4, -0.2) is 16.6 Å². The Labute approximate surface area is 40.1 Å². The first-order valence-electron chi connectivity index (χ1n) is 1.68. The molecule has 0 fully saturated rings. The molecule has 2 nitrogen and oxygen atoms in total. The molecule has 0 spiro atoms. The van der Waals surface area contributed by atoms with Crippen molar-refractivity contribution in [2.75, 3.05) is 0 Å². The average Bonchev–Trinajstić information content (AvgIpc) is 1.35. The molecular weight excluding hydrogens is 116 g/mol. The number of rotatable bonds is 1. The summed E-state index contributed by atoms with van der Waals surface area (Å²) in [7, 11) is -2.05. The van der Waals surface area contributed by atoms with E-state index in [9.17, 15) is 8.42 Å². The fourth-order valence-electron chi connectivity index (χ4n) is 0.136. The third-order valence-electron chi connectivity index (χ3n) is 0.303. The van der Waals surface area contributed by atoms with E-state index in [1.54, 1.807) is 0 Å². The Morgan fingerprint density at radius 3 is 2.17 bits per heavy atom. The van der Waals surface area contributed by atoms with Crippen LogP contribution in [0, 0.1) is 0 Å². The zero-order valence-corrected chi connectivity index (χ0v) is 5.48. The predicted octanol–water partition coefficient (Wildman–Crippen LogP) is -0.345. The van der Waals surface area contributed by atoms with E-state index in [4.69, 9.17) is 0 Å². The highest BCUT2D eigenvalue weighted by Gasteiger charge is 1.63. The minimum atomic E-state index is -1.73. The van der Waals surface area contributed by atoms with Gasteiger partial charge in [-0.1, -0.05) is 6.92 Å². The minimum absolute atomic E-state index is 0.319. The van der Waals surface area contributed by atoms with Crippen LogP contribution in [0.4, 0.5) is 0 Å². The van der Waals surface area contributed by atoms with Gasteiger partial charge in [-0.15, -0.1) is 0 Å². The molecule has 0 amide bonds. The van der Waals surface area contributed by atoms with E-state index in [-0.39, 0.29) is 8.23 Å². The first-order valence-corrected chi connectivity index (χ1v) is 5.05. The summed E-state index contributed by atoms with van der Waals surface area (Å²) in [6, 6.07) is 0.802. The van der Waals surface area contributed by atoms with Crippen LogP contribution in [0.2, 0.25) is 6.04 Å². The average molecular weight is 122 g/mol. The highest BCUT2D eigenvalue weighted by molar-refractivity contribution is 7.78. The van der Waals surface area contributed by atoms with Crippen LogP contribution in [0.5, 0.6) is 0 Å². The van der Waals surface area contributed by atoms with E-state index in [1.165, 1.54) is 0 Å². The molecule has 0 aromatic heterocycles. The van der Waals surface area contributed by atoms with Crippen LogP contribution in [-0.2, 0) is 9.70 Å². The van der Waals surface area contributed by atoms with Crippen LogP contribution in [0.3, 0.4) is 0 Å². The maximum atomic E-state index is 9.64. The molecule has 0 aromatic carbocycles. The van der Waals surface area contributed by atoms with Gasteiger partial charge in [0.05, 0.1) is 0 Å². The van der Waals surface area contributed by atoms with Gasteiger partial charge in [0.2, 0.25) is 0 Å². The molecular formula is C2H6O2SSi. The van der Waals surface area contributed by atoms with E-state index < -0.39 is 9.70 Å². The molecule has 0 saturated carbocycles. The van der Waals surface area contributed by atoms with Gasteiger partial charge in [0.1, 0.15) is 0 Å². The molecule has 4 heteroatoms. The summed E-state index contributed by atoms with van der Waals surface area (Å²) in [6.45, 7) is 1.87. The largest absolute Gasteiger partial charge is 0.195 e. The van der Waals surface area contributed by atoms with Gasteiger partial charge in [-0.25, -0.2) is 0 Å². The highest BCUT2D eigenvalue weighted by Crippen LogP contribution is 1.58. The van der Waals surface area contributed by atoms with Gasteiger partial charge < -0.3 is 0 Å². The molecule has 0 aliphatic heterocycles. The maximum Gasteiger partial charge on any atom is 0.160 e. The van der Waals surface area contributed by atoms with Crippen LogP contribution >= 0.6 is 0 Å². The van der Waals surface area contributed by atoms with Crippen molar-refractivity contribution in [2.45, 2.75) is 13.0 Å². The zero-order chi connectivity index (χ0) is 4.99. The van der Waals surface area contributed by atoms with Crippen LogP contribution in [0.25, 0.3) is 0 Å². The Hall–Kier alpha value is 0.0369. The second-order valence-electron chi connectivity index (χ2n) is 0.835. The van der Waals surface area contributed by atoms with Gasteiger partial charge in [0.15, 0.2) is 17.9 Å². The Morgan fingerprint density at radius 1 is 1.67 bits per heavy atom. The fourth-order valence-corrected chi connectivity index (χ4v) is 1.22. The highest BCUT2D eigenvalue weighted by atomic mass is 32.3. The standard InChI is InChI=1S/C2H6O2SSi/c1-2-6-5(3)4/h6H,2H2,1H3. The Morgan fingerprint density at radius 2 is 2.17 bits per heavy atom. The Kier molecular flexibility index (Phi) is 3.26. The van der Waals surface area contributed by atoms with Crippen molar-refractivity contribution < 1.29 is 8.42 Å². The van der Waals surface area contributed by atoms with Gasteiger partial charge in [-0.05, 0) is 6.04 Å². The lowest BCUT2D eigenvalue weighted by atomic mass is 11.0. The van der Waals surface area contributed by atoms with Crippen molar-refractivity contribution in [3.8, 4) is 0 Å². The molecule has 0 rings (SSSR count). The minimum Gasteiger partial charge on any atom is -0.195 e. The molecule has 0 saturated heterocycles. The lowest BCUT2D eigenvalue weighted by molar-refractivity contribution is 0.628. The first-order chi connectivity index (χ1) is 2.77. The molecule has 0 aromatic rings. The third-order valence-corrected chi connectivity index (χ3v) is 2.72. The summed E-state index contributed by atoms with van der Waals surface area (Å²) < 4.78 is 19.3. The van der Waals surface area contributed by atoms with Crippen molar-refractivity contribution in [3.05, 3.63) is 0 Å². The van der Waals surface area contributed by atoms with Crippen LogP contribution in [0.1, 0.15) is 6.92 Å². The molecule has 0 heterocycles. The lowest BCUT2D eigenvalue weighted by Gasteiger charge is -1.55. The molecule has 0 atom stereocenters. The van der Waals surface area contributed by atoms with E-state index in [2.05, 4.69) is 0 Å². The van der Waals surface area contributed by atoms with Crippen molar-refractivity contribution in [1.29, 1.82) is 0 Å². The second-order valence-corrected chi connectivity index (χ2v) is 4.66. The number of hydrogen-bond acceptors (Lipinski definition) is 2. The summed E-state index contributed by atoms with van der Waals surface area (Å²) >= 11 is 0. The summed E-state index contributed by atoms with van der Waals surface area (Å²) in [5.41, 5.74) is 0. The molecule has 0 radical (unpaired) electrons. The SMILES string of the molecule is CC[SiH]=S(=O)=O. The molecule has 0 aliphatic rings. The van der Waals surface area contributed by atoms with Gasteiger partial charge >= 0.3 is 0 Å². The number of hydrogen-bond donors (Lipinski definition) is 0. The Balaban J connectivity index is 3.78. The smallest absolute Gasteiger partial charge is 0.160 e. The normalized spacial score (nSPS) is 7.50. The quantitative estimate of drug-likeness (QED) is 0.446. The second kappa shape index (κ2) is 3.24. The molecule has 0 N–H and O–H groups in total. The Bertz CT molecular complexity index is 126. The summed E-state index contributed by atoms with van der Waals surface area (Å²) in [6.07, 6.45) is 0. The summed E-state index contributed by atoms with van der Waals surface area (Å²) in [4.78, 5) is 0. The molecule has 0 bridgehead atoms. The van der Waals surface area contributed by atoms with Gasteiger partial charge in [0, 0.05) is 0 Å². The first kappa shape index (κ1) is 6.04. The van der Waals surface area contributed by atoms with Gasteiger partial charge in [-0.3, -0.25) is 0 Å².